The molecule has 0 unspecified atom stereocenters. The average molecular weight is 559 g/mol. The van der Waals surface area contributed by atoms with Crippen LogP contribution in [0, 0.1) is 3.57 Å². The van der Waals surface area contributed by atoms with Crippen molar-refractivity contribution in [2.75, 3.05) is 29.9 Å². The summed E-state index contributed by atoms with van der Waals surface area (Å²) in [5, 5.41) is 12.9. The average Bonchev–Trinajstić information content (AvgIpc) is 3.44. The van der Waals surface area contributed by atoms with Crippen molar-refractivity contribution in [1.29, 1.82) is 0 Å². The monoisotopic (exact) mass is 559 g/mol. The highest BCUT2D eigenvalue weighted by Gasteiger charge is 2.21. The summed E-state index contributed by atoms with van der Waals surface area (Å²) >= 11 is 3.97. The molecule has 0 aliphatic carbocycles. The van der Waals surface area contributed by atoms with E-state index in [-0.39, 0.29) is 6.10 Å². The summed E-state index contributed by atoms with van der Waals surface area (Å²) in [6, 6.07) is 12.7. The van der Waals surface area contributed by atoms with Crippen LogP contribution in [0.2, 0.25) is 0 Å². The number of aryl methyl sites for hydroxylation is 1. The Morgan fingerprint density at radius 2 is 1.88 bits per heavy atom. The molecule has 4 heterocycles. The van der Waals surface area contributed by atoms with Crippen LogP contribution in [0.1, 0.15) is 25.5 Å². The fraction of sp³-hybridized carbons (Fsp3) is 0.333. The summed E-state index contributed by atoms with van der Waals surface area (Å²) in [6.45, 7) is 3.89. The van der Waals surface area contributed by atoms with E-state index in [2.05, 4.69) is 98.7 Å². The van der Waals surface area contributed by atoms with Gasteiger partial charge in [-0.15, -0.1) is 11.3 Å². The van der Waals surface area contributed by atoms with Crippen LogP contribution in [-0.2, 0) is 6.42 Å². The molecule has 1 aliphatic rings. The maximum atomic E-state index is 9.87. The lowest BCUT2D eigenvalue weighted by Crippen LogP contribution is -2.35. The molecule has 0 amide bonds. The van der Waals surface area contributed by atoms with Gasteiger partial charge in [0.2, 0.25) is 0 Å². The molecular weight excluding hydrogens is 533 g/mol. The number of piperidine rings is 1. The number of anilines is 3. The first kappa shape index (κ1) is 21.7. The molecule has 32 heavy (non-hydrogen) atoms. The molecule has 0 atom stereocenters. The highest BCUT2D eigenvalue weighted by molar-refractivity contribution is 14.1. The second-order valence-corrected chi connectivity index (χ2v) is 10.2. The number of hydrogen-bond donors (Lipinski definition) is 1. The molecule has 1 saturated heterocycles. The maximum Gasteiger partial charge on any atom is 0.191 e. The van der Waals surface area contributed by atoms with Crippen LogP contribution in [-0.4, -0.2) is 45.7 Å². The standard InChI is InChI=1S/C24H26IN5OS/c1-3-20-23(28(2)24-27-21(15-32-24)16-4-6-17(25)7-5-16)30-14-18(8-9-22(30)26-20)29-12-10-19(31)11-13-29/h4-9,14-15,19,31H,3,10-13H2,1-2H3. The maximum absolute atomic E-state index is 9.87. The summed E-state index contributed by atoms with van der Waals surface area (Å²) in [5.74, 6) is 1.06. The molecule has 0 bridgehead atoms. The second kappa shape index (κ2) is 8.99. The minimum Gasteiger partial charge on any atom is -0.393 e. The largest absolute Gasteiger partial charge is 0.393 e. The smallest absolute Gasteiger partial charge is 0.191 e. The molecule has 1 aromatic carbocycles. The fourth-order valence-electron chi connectivity index (χ4n) is 4.24. The second-order valence-electron chi connectivity index (χ2n) is 8.15. The van der Waals surface area contributed by atoms with Gasteiger partial charge in [-0.1, -0.05) is 19.1 Å². The molecule has 1 N–H and O–H groups in total. The van der Waals surface area contributed by atoms with E-state index in [9.17, 15) is 5.11 Å². The van der Waals surface area contributed by atoms with Gasteiger partial charge in [-0.2, -0.15) is 0 Å². The van der Waals surface area contributed by atoms with Gasteiger partial charge in [-0.05, 0) is 66.1 Å². The molecule has 3 aromatic heterocycles. The zero-order valence-corrected chi connectivity index (χ0v) is 21.2. The Balaban J connectivity index is 1.51. The number of imidazole rings is 1. The summed E-state index contributed by atoms with van der Waals surface area (Å²) in [4.78, 5) is 14.3. The van der Waals surface area contributed by atoms with E-state index >= 15 is 0 Å². The van der Waals surface area contributed by atoms with E-state index in [1.54, 1.807) is 11.3 Å². The van der Waals surface area contributed by atoms with Gasteiger partial charge in [0.15, 0.2) is 5.13 Å². The number of nitrogens with zero attached hydrogens (tertiary/aromatic N) is 5. The number of pyridine rings is 1. The minimum atomic E-state index is -0.177. The Bertz CT molecular complexity index is 1230. The van der Waals surface area contributed by atoms with Crippen LogP contribution in [0.5, 0.6) is 0 Å². The molecule has 166 valence electrons. The zero-order valence-electron chi connectivity index (χ0n) is 18.2. The predicted octanol–water partition coefficient (Wildman–Crippen LogP) is 5.35. The van der Waals surface area contributed by atoms with Crippen molar-refractivity contribution in [1.82, 2.24) is 14.4 Å². The number of aliphatic hydroxyl groups is 1. The number of aromatic nitrogens is 3. The normalized spacial score (nSPS) is 14.9. The molecule has 5 rings (SSSR count). The molecule has 0 spiro atoms. The van der Waals surface area contributed by atoms with Crippen molar-refractivity contribution in [3.8, 4) is 11.3 Å². The first-order chi connectivity index (χ1) is 15.5. The summed E-state index contributed by atoms with van der Waals surface area (Å²) in [6.07, 6.45) is 4.48. The van der Waals surface area contributed by atoms with Gasteiger partial charge in [0.25, 0.3) is 0 Å². The number of hydrogen-bond acceptors (Lipinski definition) is 6. The molecule has 6 nitrogen and oxygen atoms in total. The Labute approximate surface area is 205 Å². The third-order valence-corrected chi connectivity index (χ3v) is 7.68. The molecular formula is C24H26IN5OS. The van der Waals surface area contributed by atoms with Crippen molar-refractivity contribution in [3.05, 3.63) is 57.2 Å². The van der Waals surface area contributed by atoms with Crippen molar-refractivity contribution in [3.63, 3.8) is 0 Å². The first-order valence-electron chi connectivity index (χ1n) is 10.9. The molecule has 1 fully saturated rings. The number of rotatable bonds is 5. The van der Waals surface area contributed by atoms with E-state index in [1.807, 2.05) is 0 Å². The quantitative estimate of drug-likeness (QED) is 0.334. The number of thiazole rings is 1. The Kier molecular flexibility index (Phi) is 6.09. The van der Waals surface area contributed by atoms with Crippen molar-refractivity contribution < 1.29 is 5.11 Å². The van der Waals surface area contributed by atoms with Crippen molar-refractivity contribution in [2.45, 2.75) is 32.3 Å². The molecule has 1 aliphatic heterocycles. The number of halogens is 1. The molecule has 0 saturated carbocycles. The minimum absolute atomic E-state index is 0.177. The van der Waals surface area contributed by atoms with E-state index < -0.39 is 0 Å². The Morgan fingerprint density at radius 3 is 2.59 bits per heavy atom. The number of aliphatic hydroxyl groups excluding tert-OH is 1. The van der Waals surface area contributed by atoms with Crippen LogP contribution >= 0.6 is 33.9 Å². The third-order valence-electron chi connectivity index (χ3n) is 6.05. The summed E-state index contributed by atoms with van der Waals surface area (Å²) < 4.78 is 3.40. The molecule has 8 heteroatoms. The first-order valence-corrected chi connectivity index (χ1v) is 12.9. The lowest BCUT2D eigenvalue weighted by atomic mass is 10.1. The SMILES string of the molecule is CCc1nc2ccc(N3CCC(O)CC3)cn2c1N(C)c1nc(-c2ccc(I)cc2)cs1. The lowest BCUT2D eigenvalue weighted by molar-refractivity contribution is 0.145. The van der Waals surface area contributed by atoms with E-state index in [0.717, 1.165) is 71.6 Å². The van der Waals surface area contributed by atoms with Gasteiger partial charge < -0.3 is 14.9 Å². The number of fused-ring (bicyclic) bond motifs is 1. The topological polar surface area (TPSA) is 56.9 Å². The highest BCUT2D eigenvalue weighted by Crippen LogP contribution is 2.34. The van der Waals surface area contributed by atoms with Gasteiger partial charge in [0, 0.05) is 40.8 Å². The van der Waals surface area contributed by atoms with Crippen molar-refractivity contribution in [2.24, 2.45) is 0 Å². The van der Waals surface area contributed by atoms with Crippen LogP contribution in [0.4, 0.5) is 16.6 Å². The van der Waals surface area contributed by atoms with Gasteiger partial charge >= 0.3 is 0 Å². The Morgan fingerprint density at radius 1 is 1.12 bits per heavy atom. The third kappa shape index (κ3) is 4.11. The van der Waals surface area contributed by atoms with E-state index in [0.29, 0.717) is 0 Å². The fourth-order valence-corrected chi connectivity index (χ4v) is 5.40. The summed E-state index contributed by atoms with van der Waals surface area (Å²) in [5.41, 5.74) is 5.29. The van der Waals surface area contributed by atoms with Crippen LogP contribution in [0.3, 0.4) is 0 Å². The van der Waals surface area contributed by atoms with Crippen molar-refractivity contribution >= 4 is 56.2 Å². The van der Waals surface area contributed by atoms with E-state index in [4.69, 9.17) is 9.97 Å². The molecule has 0 radical (unpaired) electrons. The van der Waals surface area contributed by atoms with Crippen LogP contribution < -0.4 is 9.80 Å². The Hall–Kier alpha value is -2.17. The highest BCUT2D eigenvalue weighted by atomic mass is 127. The van der Waals surface area contributed by atoms with Gasteiger partial charge in [-0.25, -0.2) is 9.97 Å². The van der Waals surface area contributed by atoms with Gasteiger partial charge in [0.05, 0.1) is 23.2 Å². The van der Waals surface area contributed by atoms with Gasteiger partial charge in [0.1, 0.15) is 11.5 Å². The molecule has 4 aromatic rings. The lowest BCUT2D eigenvalue weighted by Gasteiger charge is -2.31. The van der Waals surface area contributed by atoms with E-state index in [1.165, 1.54) is 3.57 Å². The van der Waals surface area contributed by atoms with Gasteiger partial charge in [-0.3, -0.25) is 4.40 Å². The summed E-state index contributed by atoms with van der Waals surface area (Å²) in [7, 11) is 2.07. The zero-order chi connectivity index (χ0) is 22.2. The van der Waals surface area contributed by atoms with Crippen LogP contribution in [0.25, 0.3) is 16.9 Å². The predicted molar refractivity (Wildman–Crippen MR) is 140 cm³/mol. The van der Waals surface area contributed by atoms with Crippen LogP contribution in [0.15, 0.2) is 48.0 Å². The number of benzene rings is 1.